The average Bonchev–Trinajstić information content (AvgIpc) is 3.32. The maximum Gasteiger partial charge on any atom is 0.268 e. The van der Waals surface area contributed by atoms with Crippen molar-refractivity contribution in [2.24, 2.45) is 17.6 Å². The summed E-state index contributed by atoms with van der Waals surface area (Å²) in [5, 5.41) is 9.52. The quantitative estimate of drug-likeness (QED) is 0.383. The van der Waals surface area contributed by atoms with Crippen molar-refractivity contribution in [3.8, 4) is 0 Å². The molecule has 0 bridgehead atoms. The van der Waals surface area contributed by atoms with Crippen LogP contribution in [0.15, 0.2) is 24.3 Å². The number of hydrogen-bond donors (Lipinski definition) is 5. The van der Waals surface area contributed by atoms with Crippen molar-refractivity contribution in [2.75, 3.05) is 6.54 Å². The second-order valence-electron chi connectivity index (χ2n) is 8.60. The predicted molar refractivity (Wildman–Crippen MR) is 119 cm³/mol. The standard InChI is InChI=1S/C22H26ClN5O4/c23-14-4-3-12-8-18(26-15(12)10-14)22(32)28-17(7-11-1-2-11)21(31)27-16(19(24)29)9-13-5-6-25-20(13)30/h3-4,8,10-11,13,16-17,26H,1-2,5-7,9H2,(H2,24,29)(H,25,30)(H,27,31)(H,28,32)/t13-,16?,17?/m0/s1. The van der Waals surface area contributed by atoms with Crippen molar-refractivity contribution >= 4 is 46.1 Å². The molecule has 2 aliphatic rings. The van der Waals surface area contributed by atoms with Gasteiger partial charge in [-0.05, 0) is 43.4 Å². The summed E-state index contributed by atoms with van der Waals surface area (Å²) in [5.74, 6) is -1.78. The van der Waals surface area contributed by atoms with Gasteiger partial charge in [-0.3, -0.25) is 19.2 Å². The molecule has 1 aromatic heterocycles. The van der Waals surface area contributed by atoms with Crippen molar-refractivity contribution in [1.29, 1.82) is 0 Å². The van der Waals surface area contributed by atoms with Crippen LogP contribution in [0.3, 0.4) is 0 Å². The molecule has 6 N–H and O–H groups in total. The van der Waals surface area contributed by atoms with Crippen molar-refractivity contribution in [2.45, 2.75) is 44.2 Å². The zero-order valence-electron chi connectivity index (χ0n) is 17.4. The lowest BCUT2D eigenvalue weighted by atomic mass is 9.97. The number of carbonyl (C=O) groups excluding carboxylic acids is 4. The molecule has 9 nitrogen and oxygen atoms in total. The average molecular weight is 460 g/mol. The number of hydrogen-bond acceptors (Lipinski definition) is 4. The summed E-state index contributed by atoms with van der Waals surface area (Å²) in [6.07, 6.45) is 3.18. The smallest absolute Gasteiger partial charge is 0.268 e. The van der Waals surface area contributed by atoms with E-state index in [-0.39, 0.29) is 18.2 Å². The number of H-pyrrole nitrogens is 1. The molecule has 1 aliphatic heterocycles. The first kappa shape index (κ1) is 22.1. The zero-order valence-corrected chi connectivity index (χ0v) is 18.2. The first-order valence-electron chi connectivity index (χ1n) is 10.8. The summed E-state index contributed by atoms with van der Waals surface area (Å²) in [5.41, 5.74) is 6.51. The van der Waals surface area contributed by atoms with Crippen molar-refractivity contribution < 1.29 is 19.2 Å². The molecule has 1 aliphatic carbocycles. The zero-order chi connectivity index (χ0) is 22.8. The molecule has 1 saturated carbocycles. The van der Waals surface area contributed by atoms with E-state index in [4.69, 9.17) is 17.3 Å². The Labute approximate surface area is 189 Å². The fourth-order valence-electron chi connectivity index (χ4n) is 4.05. The van der Waals surface area contributed by atoms with Gasteiger partial charge in [-0.2, -0.15) is 0 Å². The summed E-state index contributed by atoms with van der Waals surface area (Å²) >= 11 is 6.01. The van der Waals surface area contributed by atoms with Gasteiger partial charge >= 0.3 is 0 Å². The van der Waals surface area contributed by atoms with E-state index in [0.29, 0.717) is 36.0 Å². The molecule has 170 valence electrons. The highest BCUT2D eigenvalue weighted by Gasteiger charge is 2.34. The number of rotatable bonds is 9. The van der Waals surface area contributed by atoms with Gasteiger partial charge in [-0.25, -0.2) is 0 Å². The molecule has 2 unspecified atom stereocenters. The van der Waals surface area contributed by atoms with Gasteiger partial charge in [0, 0.05) is 28.4 Å². The molecule has 2 heterocycles. The molecule has 1 saturated heterocycles. The van der Waals surface area contributed by atoms with Crippen LogP contribution in [0.2, 0.25) is 5.02 Å². The minimum atomic E-state index is -0.981. The number of carbonyl (C=O) groups is 4. The third kappa shape index (κ3) is 5.21. The van der Waals surface area contributed by atoms with E-state index >= 15 is 0 Å². The molecule has 0 radical (unpaired) electrons. The van der Waals surface area contributed by atoms with E-state index in [1.807, 2.05) is 0 Å². The van der Waals surface area contributed by atoms with Crippen LogP contribution in [0.4, 0.5) is 0 Å². The predicted octanol–water partition coefficient (Wildman–Crippen LogP) is 1.22. The molecule has 1 aromatic carbocycles. The second kappa shape index (κ2) is 9.20. The Hall–Kier alpha value is -3.07. The van der Waals surface area contributed by atoms with Crippen LogP contribution in [0.25, 0.3) is 10.9 Å². The molecule has 3 atom stereocenters. The Morgan fingerprint density at radius 2 is 1.88 bits per heavy atom. The Bertz CT molecular complexity index is 1060. The monoisotopic (exact) mass is 459 g/mol. The molecule has 10 heteroatoms. The van der Waals surface area contributed by atoms with Gasteiger partial charge in [0.1, 0.15) is 17.8 Å². The number of aromatic nitrogens is 1. The first-order valence-corrected chi connectivity index (χ1v) is 11.1. The number of halogens is 1. The largest absolute Gasteiger partial charge is 0.368 e. The lowest BCUT2D eigenvalue weighted by molar-refractivity contribution is -0.130. The highest BCUT2D eigenvalue weighted by atomic mass is 35.5. The number of aromatic amines is 1. The summed E-state index contributed by atoms with van der Waals surface area (Å²) in [6, 6.07) is 5.15. The number of nitrogens with two attached hydrogens (primary N) is 1. The maximum atomic E-state index is 13.0. The normalized spacial score (nSPS) is 19.9. The number of fused-ring (bicyclic) bond motifs is 1. The molecule has 32 heavy (non-hydrogen) atoms. The van der Waals surface area contributed by atoms with Crippen molar-refractivity contribution in [1.82, 2.24) is 20.9 Å². The van der Waals surface area contributed by atoms with Gasteiger partial charge in [0.05, 0.1) is 0 Å². The van der Waals surface area contributed by atoms with Crippen LogP contribution < -0.4 is 21.7 Å². The van der Waals surface area contributed by atoms with Crippen LogP contribution in [0.5, 0.6) is 0 Å². The summed E-state index contributed by atoms with van der Waals surface area (Å²) < 4.78 is 0. The van der Waals surface area contributed by atoms with Crippen LogP contribution >= 0.6 is 11.6 Å². The van der Waals surface area contributed by atoms with Gasteiger partial charge in [-0.1, -0.05) is 30.5 Å². The molecule has 4 rings (SSSR count). The number of primary amides is 1. The van der Waals surface area contributed by atoms with Crippen molar-refractivity contribution in [3.63, 3.8) is 0 Å². The summed E-state index contributed by atoms with van der Waals surface area (Å²) in [6.45, 7) is 0.541. The van der Waals surface area contributed by atoms with Gasteiger partial charge < -0.3 is 26.7 Å². The number of benzene rings is 1. The van der Waals surface area contributed by atoms with E-state index < -0.39 is 29.8 Å². The van der Waals surface area contributed by atoms with Crippen molar-refractivity contribution in [3.05, 3.63) is 35.0 Å². The molecule has 4 amide bonds. The van der Waals surface area contributed by atoms with E-state index in [0.717, 1.165) is 23.7 Å². The minimum Gasteiger partial charge on any atom is -0.368 e. The Morgan fingerprint density at radius 1 is 1.09 bits per heavy atom. The second-order valence-corrected chi connectivity index (χ2v) is 9.03. The topological polar surface area (TPSA) is 146 Å². The highest BCUT2D eigenvalue weighted by molar-refractivity contribution is 6.31. The third-order valence-corrected chi connectivity index (χ3v) is 6.29. The van der Waals surface area contributed by atoms with Gasteiger partial charge in [0.2, 0.25) is 17.7 Å². The molecular formula is C22H26ClN5O4. The van der Waals surface area contributed by atoms with Crippen LogP contribution in [0, 0.1) is 11.8 Å². The molecular weight excluding hydrogens is 434 g/mol. The van der Waals surface area contributed by atoms with E-state index in [9.17, 15) is 19.2 Å². The molecule has 0 spiro atoms. The Morgan fingerprint density at radius 3 is 2.53 bits per heavy atom. The van der Waals surface area contributed by atoms with E-state index in [1.165, 1.54) is 0 Å². The van der Waals surface area contributed by atoms with Gasteiger partial charge in [0.25, 0.3) is 5.91 Å². The first-order chi connectivity index (χ1) is 15.3. The van der Waals surface area contributed by atoms with Crippen LogP contribution in [-0.2, 0) is 14.4 Å². The maximum absolute atomic E-state index is 13.0. The number of nitrogens with one attached hydrogen (secondary N) is 4. The van der Waals surface area contributed by atoms with Gasteiger partial charge in [-0.15, -0.1) is 0 Å². The minimum absolute atomic E-state index is 0.139. The third-order valence-electron chi connectivity index (χ3n) is 6.06. The van der Waals surface area contributed by atoms with E-state index in [1.54, 1.807) is 24.3 Å². The lowest BCUT2D eigenvalue weighted by Gasteiger charge is -2.23. The van der Waals surface area contributed by atoms with Gasteiger partial charge in [0.15, 0.2) is 0 Å². The lowest BCUT2D eigenvalue weighted by Crippen LogP contribution is -2.53. The number of amides is 4. The Kier molecular flexibility index (Phi) is 6.36. The highest BCUT2D eigenvalue weighted by Crippen LogP contribution is 2.33. The summed E-state index contributed by atoms with van der Waals surface area (Å²) in [7, 11) is 0. The fraction of sp³-hybridized carbons (Fsp3) is 0.455. The summed E-state index contributed by atoms with van der Waals surface area (Å²) in [4.78, 5) is 52.7. The molecule has 2 fully saturated rings. The fourth-order valence-corrected chi connectivity index (χ4v) is 4.22. The Balaban J connectivity index is 1.45. The van der Waals surface area contributed by atoms with Crippen LogP contribution in [0.1, 0.15) is 42.6 Å². The van der Waals surface area contributed by atoms with Crippen LogP contribution in [-0.4, -0.2) is 47.2 Å². The SMILES string of the molecule is NC(=O)C(C[C@@H]1CCNC1=O)NC(=O)C(CC1CC1)NC(=O)c1cc2ccc(Cl)cc2[nH]1. The molecule has 2 aromatic rings. The van der Waals surface area contributed by atoms with E-state index in [2.05, 4.69) is 20.9 Å².